The van der Waals surface area contributed by atoms with Crippen LogP contribution in [0.5, 0.6) is 0 Å². The fraction of sp³-hybridized carbons (Fsp3) is 0.877. The maximum Gasteiger partial charge on any atom is 0.472 e. The molecule has 0 aromatic carbocycles. The number of carbonyl (C=O) groups is 5. The van der Waals surface area contributed by atoms with Gasteiger partial charge in [0.15, 0.2) is 0 Å². The first-order chi connectivity index (χ1) is 37.7. The van der Waals surface area contributed by atoms with Gasteiger partial charge in [0.1, 0.15) is 25.2 Å². The second kappa shape index (κ2) is 39.0. The van der Waals surface area contributed by atoms with E-state index >= 15 is 0 Å². The lowest BCUT2D eigenvalue weighted by molar-refractivity contribution is -0.870. The van der Waals surface area contributed by atoms with E-state index in [0.29, 0.717) is 94.0 Å². The molecule has 79 heavy (non-hydrogen) atoms. The number of phosphoric acid groups is 1. The van der Waals surface area contributed by atoms with Crippen molar-refractivity contribution in [1.29, 1.82) is 0 Å². The lowest BCUT2D eigenvalue weighted by Crippen LogP contribution is -2.55. The van der Waals surface area contributed by atoms with Gasteiger partial charge in [-0.2, -0.15) is 0 Å². The van der Waals surface area contributed by atoms with E-state index in [4.69, 9.17) is 33.1 Å². The zero-order chi connectivity index (χ0) is 57.9. The average Bonchev–Trinajstić information content (AvgIpc) is 3.98. The lowest BCUT2D eigenvalue weighted by Gasteiger charge is -2.25. The number of hydrogen-bond donors (Lipinski definition) is 5. The van der Waals surface area contributed by atoms with Gasteiger partial charge in [-0.1, -0.05) is 115 Å². The van der Waals surface area contributed by atoms with Gasteiger partial charge in [0, 0.05) is 19.4 Å². The molecule has 3 rings (SSSR count). The van der Waals surface area contributed by atoms with Gasteiger partial charge < -0.3 is 49.4 Å². The first-order valence-corrected chi connectivity index (χ1v) is 31.5. The minimum absolute atomic E-state index is 0.0322. The number of esters is 1. The Labute approximate surface area is 473 Å². The smallest absolute Gasteiger partial charge is 0.472 e. The molecule has 1 heterocycles. The highest BCUT2D eigenvalue weighted by Gasteiger charge is 2.50. The molecule has 0 saturated heterocycles. The van der Waals surface area contributed by atoms with E-state index in [1.54, 1.807) is 0 Å². The fourth-order valence-corrected chi connectivity index (χ4v) is 10.5. The summed E-state index contributed by atoms with van der Waals surface area (Å²) >= 11 is 0. The Morgan fingerprint density at radius 1 is 0.696 bits per heavy atom. The van der Waals surface area contributed by atoms with Gasteiger partial charge in [-0.25, -0.2) is 9.25 Å². The van der Waals surface area contributed by atoms with E-state index in [1.807, 2.05) is 46.6 Å². The standard InChI is InChI=1S/C57H104N7O14P/c1-8-9-10-11-12-13-14-15-16-17-18-19-20-21-24-27-52(65)59-50(44-78-79(71,72)77-38-35-64(5,6)7)55(69)60-49(26-23-22-25-28-53(66)67)54(68)58-33-36-73-39-41-75-42-40-74-37-34-63-51-32-30-46-45(29-31-48(51)61-62-63)47(46)43-76-56(70)57(2,3)4/h45-47,49-50H,8-44H2,1-7H3,(H4-,58,59,60,65,66,67,68,69,71,72)/p+1/t45-,46+,47-,49-,50-/m0/s1. The summed E-state index contributed by atoms with van der Waals surface area (Å²) < 4.78 is 48.5. The van der Waals surface area contributed by atoms with Crippen molar-refractivity contribution in [2.24, 2.45) is 23.2 Å². The van der Waals surface area contributed by atoms with Crippen LogP contribution in [-0.4, -0.2) is 165 Å². The zero-order valence-corrected chi connectivity index (χ0v) is 50.5. The minimum Gasteiger partial charge on any atom is -0.481 e. The molecule has 2 aliphatic carbocycles. The van der Waals surface area contributed by atoms with Gasteiger partial charge in [-0.05, 0) is 83.5 Å². The molecule has 1 aromatic heterocycles. The topological polar surface area (TPSA) is 265 Å². The number of rotatable bonds is 47. The molecule has 1 unspecified atom stereocenters. The third-order valence-electron chi connectivity index (χ3n) is 14.7. The highest BCUT2D eigenvalue weighted by atomic mass is 31.2. The van der Waals surface area contributed by atoms with Crippen LogP contribution in [-0.2, 0) is 75.9 Å². The van der Waals surface area contributed by atoms with Crippen LogP contribution < -0.4 is 16.0 Å². The predicted molar refractivity (Wildman–Crippen MR) is 302 cm³/mol. The van der Waals surface area contributed by atoms with Crippen LogP contribution in [0.2, 0.25) is 0 Å². The van der Waals surface area contributed by atoms with E-state index in [0.717, 1.165) is 62.8 Å². The first-order valence-electron chi connectivity index (χ1n) is 30.0. The number of hydrogen-bond acceptors (Lipinski definition) is 14. The monoisotopic (exact) mass is 1140 g/mol. The number of aryl methyl sites for hydroxylation is 1. The van der Waals surface area contributed by atoms with Crippen LogP contribution >= 0.6 is 7.82 Å². The van der Waals surface area contributed by atoms with Crippen molar-refractivity contribution in [2.45, 2.75) is 207 Å². The fourth-order valence-electron chi connectivity index (χ4n) is 9.79. The van der Waals surface area contributed by atoms with Crippen LogP contribution in [0.25, 0.3) is 0 Å². The molecule has 2 aliphatic rings. The van der Waals surface area contributed by atoms with Gasteiger partial charge in [0.05, 0.1) is 97.3 Å². The Kier molecular flexibility index (Phi) is 34.4. The number of phosphoric ester groups is 1. The second-order valence-corrected chi connectivity index (χ2v) is 25.2. The second-order valence-electron chi connectivity index (χ2n) is 23.7. The quantitative estimate of drug-likeness (QED) is 0.0180. The lowest BCUT2D eigenvalue weighted by atomic mass is 9.97. The van der Waals surface area contributed by atoms with Crippen LogP contribution in [0, 0.1) is 23.2 Å². The van der Waals surface area contributed by atoms with Crippen LogP contribution in [0.15, 0.2) is 0 Å². The summed E-state index contributed by atoms with van der Waals surface area (Å²) in [6, 6.07) is -2.49. The number of carbonyl (C=O) groups excluding carboxylic acids is 4. The van der Waals surface area contributed by atoms with Crippen LogP contribution in [0.3, 0.4) is 0 Å². The molecule has 1 saturated carbocycles. The number of quaternary nitrogens is 1. The third kappa shape index (κ3) is 32.0. The van der Waals surface area contributed by atoms with Gasteiger partial charge in [-0.3, -0.25) is 33.0 Å². The van der Waals surface area contributed by atoms with Gasteiger partial charge in [0.25, 0.3) is 0 Å². The number of nitrogens with one attached hydrogen (secondary N) is 3. The van der Waals surface area contributed by atoms with Crippen LogP contribution in [0.1, 0.15) is 187 Å². The molecule has 6 atom stereocenters. The molecule has 1 fully saturated rings. The molecule has 0 radical (unpaired) electrons. The molecular weight excluding hydrogens is 1040 g/mol. The maximum atomic E-state index is 13.9. The summed E-state index contributed by atoms with van der Waals surface area (Å²) in [5.41, 5.74) is 1.69. The van der Waals surface area contributed by atoms with Crippen molar-refractivity contribution in [3.8, 4) is 0 Å². The number of amides is 3. The highest BCUT2D eigenvalue weighted by molar-refractivity contribution is 7.47. The molecule has 22 heteroatoms. The zero-order valence-electron chi connectivity index (χ0n) is 49.6. The summed E-state index contributed by atoms with van der Waals surface area (Å²) in [4.78, 5) is 74.5. The van der Waals surface area contributed by atoms with Gasteiger partial charge in [0.2, 0.25) is 17.7 Å². The van der Waals surface area contributed by atoms with E-state index < -0.39 is 55.6 Å². The molecule has 3 amide bonds. The summed E-state index contributed by atoms with van der Waals surface area (Å²) in [7, 11) is 1.07. The number of ether oxygens (including phenoxy) is 4. The number of aliphatic carboxylic acids is 1. The van der Waals surface area contributed by atoms with Crippen molar-refractivity contribution < 1.29 is 71.0 Å². The van der Waals surface area contributed by atoms with Crippen molar-refractivity contribution in [3.63, 3.8) is 0 Å². The Bertz CT molecular complexity index is 1940. The molecule has 21 nitrogen and oxygen atoms in total. The number of carboxylic acid groups (broad SMARTS) is 1. The maximum absolute atomic E-state index is 13.9. The highest BCUT2D eigenvalue weighted by Crippen LogP contribution is 2.53. The number of nitrogens with zero attached hydrogens (tertiary/aromatic N) is 4. The van der Waals surface area contributed by atoms with Crippen molar-refractivity contribution in [3.05, 3.63) is 11.4 Å². The number of unbranched alkanes of at least 4 members (excludes halogenated alkanes) is 16. The van der Waals surface area contributed by atoms with Gasteiger partial charge >= 0.3 is 19.8 Å². The minimum atomic E-state index is -4.63. The summed E-state index contributed by atoms with van der Waals surface area (Å²) in [6.45, 7) is 10.6. The average molecular weight is 1140 g/mol. The summed E-state index contributed by atoms with van der Waals surface area (Å²) in [5, 5.41) is 26.1. The van der Waals surface area contributed by atoms with E-state index in [1.165, 1.54) is 64.2 Å². The molecular formula is C57H105N7O14P+. The Balaban J connectivity index is 1.39. The molecule has 0 aliphatic heterocycles. The molecule has 5 N–H and O–H groups in total. The van der Waals surface area contributed by atoms with Gasteiger partial charge in [-0.15, -0.1) is 5.10 Å². The SMILES string of the molecule is CCCCCCCCCCCCCCCCCC(=O)N[C@@H](COP(=O)(O)OCC[N+](C)(C)C)C(=O)N[C@@H](CCCCCC(=O)O)C(=O)NCCOCCOCCOCCn1nnc2c1CC[C@@H]1[C@H](CC2)[C@@H]1COC(=O)C(C)(C)C. The molecule has 456 valence electrons. The third-order valence-corrected chi connectivity index (χ3v) is 15.7. The van der Waals surface area contributed by atoms with Crippen molar-refractivity contribution in [1.82, 2.24) is 30.9 Å². The molecule has 0 bridgehead atoms. The largest absolute Gasteiger partial charge is 0.481 e. The molecule has 1 aromatic rings. The van der Waals surface area contributed by atoms with Crippen molar-refractivity contribution >= 4 is 37.5 Å². The molecule has 0 spiro atoms. The number of aromatic nitrogens is 3. The van der Waals surface area contributed by atoms with Crippen molar-refractivity contribution in [2.75, 3.05) is 93.7 Å². The van der Waals surface area contributed by atoms with E-state index in [-0.39, 0.29) is 51.6 Å². The Morgan fingerprint density at radius 2 is 1.25 bits per heavy atom. The van der Waals surface area contributed by atoms with E-state index in [2.05, 4.69) is 33.2 Å². The number of fused-ring (bicyclic) bond motifs is 2. The van der Waals surface area contributed by atoms with Crippen LogP contribution in [0.4, 0.5) is 0 Å². The summed E-state index contributed by atoms with van der Waals surface area (Å²) in [6.07, 6.45) is 23.1. The first kappa shape index (κ1) is 69.7. The number of likely N-dealkylation sites (N-methyl/N-ethyl adjacent to an activating group) is 1. The normalized spacial score (nSPS) is 17.8. The number of carboxylic acids is 1. The summed E-state index contributed by atoms with van der Waals surface area (Å²) in [5.74, 6) is -1.27. The Morgan fingerprint density at radius 3 is 1.85 bits per heavy atom. The predicted octanol–water partition coefficient (Wildman–Crippen LogP) is 7.88. The van der Waals surface area contributed by atoms with E-state index in [9.17, 15) is 33.4 Å². The Hall–Kier alpha value is -3.56.